The lowest BCUT2D eigenvalue weighted by atomic mass is 9.46. The first-order valence-corrected chi connectivity index (χ1v) is 11.1. The van der Waals surface area contributed by atoms with E-state index in [0.717, 1.165) is 25.0 Å². The van der Waals surface area contributed by atoms with Crippen LogP contribution in [0.4, 0.5) is 0 Å². The molecule has 9 unspecified atom stereocenters. The largest absolute Gasteiger partial charge is 0.466 e. The summed E-state index contributed by atoms with van der Waals surface area (Å²) in [5.74, 6) is 1.36. The van der Waals surface area contributed by atoms with Crippen LogP contribution in [0.5, 0.6) is 0 Å². The van der Waals surface area contributed by atoms with E-state index in [0.29, 0.717) is 11.8 Å². The van der Waals surface area contributed by atoms with E-state index in [9.17, 15) is 5.11 Å². The number of ether oxygens (including phenoxy) is 3. The standard InChI is InChI=1S/C22H28BO6/c1-10(2)20-16(27-20)17-22(28-17)19(3)6-5-11-12(9-25-14(11)8-24)13(19)7-15-21(22,26-15)18(20)29-23-4/h9-10,13,15-18,24H,5-8H2,1-4H3. The van der Waals surface area contributed by atoms with Gasteiger partial charge in [-0.15, -0.1) is 0 Å². The highest BCUT2D eigenvalue weighted by molar-refractivity contribution is 6.25. The number of aliphatic hydroxyl groups excluding tert-OH is 1. The zero-order valence-corrected chi connectivity index (χ0v) is 17.4. The van der Waals surface area contributed by atoms with Crippen molar-refractivity contribution in [2.75, 3.05) is 0 Å². The molecule has 3 saturated heterocycles. The molecule has 0 amide bonds. The monoisotopic (exact) mass is 399 g/mol. The predicted octanol–water partition coefficient (Wildman–Crippen LogP) is 2.35. The predicted molar refractivity (Wildman–Crippen MR) is 103 cm³/mol. The third-order valence-electron chi connectivity index (χ3n) is 9.46. The highest BCUT2D eigenvalue weighted by Gasteiger charge is 3.00. The van der Waals surface area contributed by atoms with Crippen molar-refractivity contribution in [2.24, 2.45) is 11.3 Å². The van der Waals surface area contributed by atoms with Crippen molar-refractivity contribution in [3.8, 4) is 0 Å². The van der Waals surface area contributed by atoms with E-state index in [4.69, 9.17) is 23.3 Å². The maximum Gasteiger partial charge on any atom is 0.289 e. The van der Waals surface area contributed by atoms with E-state index in [2.05, 4.69) is 20.8 Å². The summed E-state index contributed by atoms with van der Waals surface area (Å²) in [6, 6.07) is 0. The van der Waals surface area contributed by atoms with Crippen LogP contribution in [0, 0.1) is 11.3 Å². The van der Waals surface area contributed by atoms with Gasteiger partial charge >= 0.3 is 0 Å². The van der Waals surface area contributed by atoms with Gasteiger partial charge in [0.05, 0.1) is 12.4 Å². The van der Waals surface area contributed by atoms with Gasteiger partial charge in [0, 0.05) is 5.41 Å². The third kappa shape index (κ3) is 1.58. The summed E-state index contributed by atoms with van der Waals surface area (Å²) in [5.41, 5.74) is 1.27. The van der Waals surface area contributed by atoms with E-state index in [-0.39, 0.29) is 47.6 Å². The molecule has 2 spiro atoms. The molecule has 1 radical (unpaired) electrons. The molecule has 155 valence electrons. The zero-order valence-electron chi connectivity index (χ0n) is 17.4. The molecule has 6 aliphatic rings. The minimum Gasteiger partial charge on any atom is -0.466 e. The molecular formula is C22H28BO6. The van der Waals surface area contributed by atoms with Crippen molar-refractivity contribution in [1.82, 2.24) is 0 Å². The molecule has 9 atom stereocenters. The lowest BCUT2D eigenvalue weighted by Crippen LogP contribution is -2.69. The molecular weight excluding hydrogens is 371 g/mol. The minimum atomic E-state index is -0.423. The third-order valence-corrected chi connectivity index (χ3v) is 9.46. The Labute approximate surface area is 171 Å². The lowest BCUT2D eigenvalue weighted by Gasteiger charge is -2.54. The van der Waals surface area contributed by atoms with Crippen molar-refractivity contribution < 1.29 is 28.4 Å². The lowest BCUT2D eigenvalue weighted by molar-refractivity contribution is -0.0809. The van der Waals surface area contributed by atoms with Crippen LogP contribution in [-0.4, -0.2) is 53.8 Å². The van der Waals surface area contributed by atoms with Gasteiger partial charge in [0.25, 0.3) is 7.48 Å². The molecule has 1 N–H and O–H groups in total. The second kappa shape index (κ2) is 4.96. The molecule has 4 heterocycles. The van der Waals surface area contributed by atoms with Gasteiger partial charge in [-0.05, 0) is 42.2 Å². The van der Waals surface area contributed by atoms with Gasteiger partial charge in [-0.2, -0.15) is 0 Å². The molecule has 2 saturated carbocycles. The van der Waals surface area contributed by atoms with E-state index in [1.165, 1.54) is 11.1 Å². The highest BCUT2D eigenvalue weighted by Crippen LogP contribution is 2.83. The molecule has 6 nitrogen and oxygen atoms in total. The van der Waals surface area contributed by atoms with Crippen molar-refractivity contribution >= 4 is 7.48 Å². The number of rotatable bonds is 4. The van der Waals surface area contributed by atoms with Crippen LogP contribution in [0.25, 0.3) is 0 Å². The Morgan fingerprint density at radius 3 is 2.83 bits per heavy atom. The van der Waals surface area contributed by atoms with E-state index < -0.39 is 5.60 Å². The first-order chi connectivity index (χ1) is 13.9. The molecule has 7 rings (SSSR count). The fraction of sp³-hybridized carbons (Fsp3) is 0.818. The number of hydrogen-bond donors (Lipinski definition) is 1. The van der Waals surface area contributed by atoms with Crippen LogP contribution in [0.2, 0.25) is 6.82 Å². The van der Waals surface area contributed by atoms with Gasteiger partial charge in [0.1, 0.15) is 41.9 Å². The van der Waals surface area contributed by atoms with Gasteiger partial charge in [0.2, 0.25) is 0 Å². The summed E-state index contributed by atoms with van der Waals surface area (Å²) >= 11 is 0. The average molecular weight is 399 g/mol. The molecule has 0 aromatic carbocycles. The van der Waals surface area contributed by atoms with Crippen LogP contribution in [0.1, 0.15) is 56.4 Å². The topological polar surface area (TPSA) is 80.2 Å². The molecule has 7 heteroatoms. The van der Waals surface area contributed by atoms with Gasteiger partial charge in [-0.3, -0.25) is 0 Å². The smallest absolute Gasteiger partial charge is 0.289 e. The summed E-state index contributed by atoms with van der Waals surface area (Å²) in [4.78, 5) is 0. The molecule has 0 bridgehead atoms. The van der Waals surface area contributed by atoms with Gasteiger partial charge in [0.15, 0.2) is 5.60 Å². The summed E-state index contributed by atoms with van der Waals surface area (Å²) < 4.78 is 31.8. The Morgan fingerprint density at radius 1 is 1.28 bits per heavy atom. The average Bonchev–Trinajstić information content (AvgIpc) is 3.59. The first kappa shape index (κ1) is 17.8. The minimum absolute atomic E-state index is 0.0397. The number of hydrogen-bond acceptors (Lipinski definition) is 6. The van der Waals surface area contributed by atoms with Crippen LogP contribution >= 0.6 is 0 Å². The number of furan rings is 1. The first-order valence-electron chi connectivity index (χ1n) is 11.1. The van der Waals surface area contributed by atoms with Crippen molar-refractivity contribution in [2.45, 2.75) is 101 Å². The second-order valence-corrected chi connectivity index (χ2v) is 10.4. The second-order valence-electron chi connectivity index (χ2n) is 10.4. The maximum atomic E-state index is 9.68. The molecule has 1 aromatic heterocycles. The molecule has 29 heavy (non-hydrogen) atoms. The summed E-state index contributed by atoms with van der Waals surface area (Å²) in [5, 5.41) is 9.68. The fourth-order valence-corrected chi connectivity index (χ4v) is 8.07. The molecule has 3 aliphatic carbocycles. The normalized spacial score (nSPS) is 55.0. The Bertz CT molecular complexity index is 915. The van der Waals surface area contributed by atoms with E-state index >= 15 is 0 Å². The summed E-state index contributed by atoms with van der Waals surface area (Å²) in [6.45, 7) is 8.72. The fourth-order valence-electron chi connectivity index (χ4n) is 8.07. The SMILES string of the molecule is C[B]OC1C2(C(C)C)OC2C2OC23C2(C)CCc4c(coc4CO)C2CC2OC213. The van der Waals surface area contributed by atoms with Crippen molar-refractivity contribution in [3.63, 3.8) is 0 Å². The summed E-state index contributed by atoms with van der Waals surface area (Å²) in [7, 11) is 1.80. The Kier molecular flexibility index (Phi) is 3.04. The summed E-state index contributed by atoms with van der Waals surface area (Å²) in [6.07, 6.45) is 4.83. The maximum absolute atomic E-state index is 9.68. The van der Waals surface area contributed by atoms with Gasteiger partial charge < -0.3 is 28.4 Å². The Morgan fingerprint density at radius 2 is 2.10 bits per heavy atom. The van der Waals surface area contributed by atoms with Crippen LogP contribution < -0.4 is 0 Å². The molecule has 1 aromatic rings. The van der Waals surface area contributed by atoms with Gasteiger partial charge in [-0.1, -0.05) is 27.6 Å². The quantitative estimate of drug-likeness (QED) is 0.619. The number of aliphatic hydroxyl groups is 1. The molecule has 3 aliphatic heterocycles. The van der Waals surface area contributed by atoms with Crippen LogP contribution in [0.15, 0.2) is 10.7 Å². The van der Waals surface area contributed by atoms with E-state index in [1.54, 1.807) is 7.48 Å². The Balaban J connectivity index is 1.37. The highest BCUT2D eigenvalue weighted by atomic mass is 16.8. The van der Waals surface area contributed by atoms with Gasteiger partial charge in [-0.25, -0.2) is 0 Å². The van der Waals surface area contributed by atoms with Crippen LogP contribution in [-0.2, 0) is 31.9 Å². The van der Waals surface area contributed by atoms with Crippen molar-refractivity contribution in [3.05, 3.63) is 23.2 Å². The zero-order chi connectivity index (χ0) is 20.0. The number of fused-ring (bicyclic) bond motifs is 5. The van der Waals surface area contributed by atoms with E-state index in [1.807, 2.05) is 13.1 Å². The Hall–Kier alpha value is -0.855. The molecule has 5 fully saturated rings. The van der Waals surface area contributed by atoms with Crippen LogP contribution in [0.3, 0.4) is 0 Å². The number of epoxide rings is 3. The van der Waals surface area contributed by atoms with Crippen molar-refractivity contribution in [1.29, 1.82) is 0 Å².